The number of carboxylic acid groups (broad SMARTS) is 1. The SMILES string of the molecule is COc1cc(C2(C(=O)NCC(C)(O)C(=O)O)CCC2)ccc1C. The zero-order valence-electron chi connectivity index (χ0n) is 13.7. The first-order valence-corrected chi connectivity index (χ1v) is 7.62. The van der Waals surface area contributed by atoms with Crippen molar-refractivity contribution in [3.05, 3.63) is 29.3 Å². The lowest BCUT2D eigenvalue weighted by molar-refractivity contribution is -0.156. The summed E-state index contributed by atoms with van der Waals surface area (Å²) in [6, 6.07) is 5.68. The van der Waals surface area contributed by atoms with Gasteiger partial charge in [-0.15, -0.1) is 0 Å². The van der Waals surface area contributed by atoms with Gasteiger partial charge in [0, 0.05) is 0 Å². The Kier molecular flexibility index (Phi) is 4.66. The molecule has 0 spiro atoms. The van der Waals surface area contributed by atoms with Gasteiger partial charge in [-0.2, -0.15) is 0 Å². The van der Waals surface area contributed by atoms with Crippen molar-refractivity contribution in [1.82, 2.24) is 5.32 Å². The lowest BCUT2D eigenvalue weighted by Gasteiger charge is -2.41. The maximum atomic E-state index is 12.6. The van der Waals surface area contributed by atoms with Crippen LogP contribution in [0.2, 0.25) is 0 Å². The van der Waals surface area contributed by atoms with Gasteiger partial charge >= 0.3 is 5.97 Å². The molecular formula is C17H23NO5. The molecule has 1 aliphatic carbocycles. The van der Waals surface area contributed by atoms with Crippen molar-refractivity contribution < 1.29 is 24.5 Å². The van der Waals surface area contributed by atoms with Crippen LogP contribution in [0, 0.1) is 6.92 Å². The number of carbonyl (C=O) groups is 2. The number of hydrogen-bond acceptors (Lipinski definition) is 4. The normalized spacial score (nSPS) is 18.4. The van der Waals surface area contributed by atoms with E-state index in [0.717, 1.165) is 30.2 Å². The smallest absolute Gasteiger partial charge is 0.337 e. The summed E-state index contributed by atoms with van der Waals surface area (Å²) >= 11 is 0. The van der Waals surface area contributed by atoms with Gasteiger partial charge in [0.15, 0.2) is 5.60 Å². The lowest BCUT2D eigenvalue weighted by Crippen LogP contribution is -2.54. The first-order chi connectivity index (χ1) is 10.7. The van der Waals surface area contributed by atoms with Gasteiger partial charge in [0.25, 0.3) is 0 Å². The van der Waals surface area contributed by atoms with Crippen molar-refractivity contribution in [3.63, 3.8) is 0 Å². The van der Waals surface area contributed by atoms with Crippen LogP contribution in [0.25, 0.3) is 0 Å². The minimum Gasteiger partial charge on any atom is -0.496 e. The van der Waals surface area contributed by atoms with Gasteiger partial charge in [-0.3, -0.25) is 4.79 Å². The van der Waals surface area contributed by atoms with Crippen molar-refractivity contribution in [2.24, 2.45) is 0 Å². The quantitative estimate of drug-likeness (QED) is 0.735. The molecule has 1 aromatic rings. The molecule has 6 nitrogen and oxygen atoms in total. The molecule has 1 amide bonds. The van der Waals surface area contributed by atoms with Crippen LogP contribution in [0.3, 0.4) is 0 Å². The van der Waals surface area contributed by atoms with Gasteiger partial charge in [-0.05, 0) is 43.9 Å². The molecular weight excluding hydrogens is 298 g/mol. The standard InChI is InChI=1S/C17H23NO5/c1-11-5-6-12(9-13(11)23-3)17(7-4-8-17)14(19)18-10-16(2,22)15(20)21/h5-6,9,22H,4,7-8,10H2,1-3H3,(H,18,19)(H,20,21). The highest BCUT2D eigenvalue weighted by Gasteiger charge is 2.46. The van der Waals surface area contributed by atoms with Crippen molar-refractivity contribution in [3.8, 4) is 5.75 Å². The molecule has 1 unspecified atom stereocenters. The summed E-state index contributed by atoms with van der Waals surface area (Å²) in [5, 5.41) is 21.3. The summed E-state index contributed by atoms with van der Waals surface area (Å²) in [5.41, 5.74) is -0.806. The summed E-state index contributed by atoms with van der Waals surface area (Å²) in [6.07, 6.45) is 2.32. The topological polar surface area (TPSA) is 95.9 Å². The van der Waals surface area contributed by atoms with E-state index in [1.807, 2.05) is 25.1 Å². The largest absolute Gasteiger partial charge is 0.496 e. The number of aliphatic carboxylic acids is 1. The molecule has 1 aromatic carbocycles. The Bertz CT molecular complexity index is 619. The number of benzene rings is 1. The third kappa shape index (κ3) is 3.17. The number of aryl methyl sites for hydroxylation is 1. The molecule has 1 aliphatic rings. The Balaban J connectivity index is 2.21. The zero-order chi connectivity index (χ0) is 17.3. The lowest BCUT2D eigenvalue weighted by atomic mass is 9.63. The van der Waals surface area contributed by atoms with E-state index in [0.29, 0.717) is 12.8 Å². The minimum absolute atomic E-state index is 0.254. The summed E-state index contributed by atoms with van der Waals surface area (Å²) in [4.78, 5) is 23.6. The number of hydrogen-bond donors (Lipinski definition) is 3. The first kappa shape index (κ1) is 17.3. The fraction of sp³-hybridized carbons (Fsp3) is 0.529. The molecule has 0 bridgehead atoms. The minimum atomic E-state index is -1.98. The molecule has 3 N–H and O–H groups in total. The average Bonchev–Trinajstić information content (AvgIpc) is 2.45. The van der Waals surface area contributed by atoms with Gasteiger partial charge in [-0.25, -0.2) is 4.79 Å². The molecule has 1 atom stereocenters. The summed E-state index contributed by atoms with van der Waals surface area (Å²) in [5.74, 6) is -0.896. The van der Waals surface area contributed by atoms with E-state index in [4.69, 9.17) is 9.84 Å². The van der Waals surface area contributed by atoms with Crippen molar-refractivity contribution in [2.45, 2.75) is 44.1 Å². The van der Waals surface area contributed by atoms with Gasteiger partial charge < -0.3 is 20.3 Å². The number of aliphatic hydroxyl groups is 1. The van der Waals surface area contributed by atoms with E-state index < -0.39 is 17.0 Å². The third-order valence-electron chi connectivity index (χ3n) is 4.66. The second kappa shape index (κ2) is 6.20. The second-order valence-corrected chi connectivity index (χ2v) is 6.38. The van der Waals surface area contributed by atoms with Crippen LogP contribution < -0.4 is 10.1 Å². The average molecular weight is 321 g/mol. The summed E-state index contributed by atoms with van der Waals surface area (Å²) < 4.78 is 5.33. The van der Waals surface area contributed by atoms with Gasteiger partial charge in [-0.1, -0.05) is 18.6 Å². The van der Waals surface area contributed by atoms with E-state index in [2.05, 4.69) is 5.32 Å². The zero-order valence-corrected chi connectivity index (χ0v) is 13.7. The number of carbonyl (C=O) groups excluding carboxylic acids is 1. The highest BCUT2D eigenvalue weighted by atomic mass is 16.5. The van der Waals surface area contributed by atoms with Crippen LogP contribution >= 0.6 is 0 Å². The Morgan fingerprint density at radius 3 is 2.52 bits per heavy atom. The number of amides is 1. The number of ether oxygens (including phenoxy) is 1. The van der Waals surface area contributed by atoms with E-state index in [1.165, 1.54) is 0 Å². The van der Waals surface area contributed by atoms with Crippen LogP contribution in [0.1, 0.15) is 37.3 Å². The van der Waals surface area contributed by atoms with Crippen molar-refractivity contribution in [2.75, 3.05) is 13.7 Å². The fourth-order valence-electron chi connectivity index (χ4n) is 2.79. The third-order valence-corrected chi connectivity index (χ3v) is 4.66. The van der Waals surface area contributed by atoms with Crippen LogP contribution in [-0.2, 0) is 15.0 Å². The molecule has 0 aromatic heterocycles. The summed E-state index contributed by atoms with van der Waals surface area (Å²) in [6.45, 7) is 2.77. The van der Waals surface area contributed by atoms with E-state index in [1.54, 1.807) is 7.11 Å². The Hall–Kier alpha value is -2.08. The second-order valence-electron chi connectivity index (χ2n) is 6.38. The molecule has 1 fully saturated rings. The monoisotopic (exact) mass is 321 g/mol. The highest BCUT2D eigenvalue weighted by molar-refractivity contribution is 5.90. The van der Waals surface area contributed by atoms with Gasteiger partial charge in [0.1, 0.15) is 5.75 Å². The fourth-order valence-corrected chi connectivity index (χ4v) is 2.79. The number of rotatable bonds is 6. The molecule has 0 aliphatic heterocycles. The summed E-state index contributed by atoms with van der Waals surface area (Å²) in [7, 11) is 1.59. The number of methoxy groups -OCH3 is 1. The molecule has 1 saturated carbocycles. The van der Waals surface area contributed by atoms with Crippen LogP contribution in [0.4, 0.5) is 0 Å². The molecule has 126 valence electrons. The van der Waals surface area contributed by atoms with Crippen LogP contribution in [-0.4, -0.2) is 41.3 Å². The molecule has 2 rings (SSSR count). The Morgan fingerprint density at radius 1 is 1.39 bits per heavy atom. The highest BCUT2D eigenvalue weighted by Crippen LogP contribution is 2.45. The van der Waals surface area contributed by atoms with E-state index in [-0.39, 0.29) is 12.5 Å². The van der Waals surface area contributed by atoms with Crippen LogP contribution in [0.5, 0.6) is 5.75 Å². The van der Waals surface area contributed by atoms with Crippen molar-refractivity contribution in [1.29, 1.82) is 0 Å². The first-order valence-electron chi connectivity index (χ1n) is 7.62. The maximum absolute atomic E-state index is 12.6. The van der Waals surface area contributed by atoms with Gasteiger partial charge in [0.2, 0.25) is 5.91 Å². The van der Waals surface area contributed by atoms with Gasteiger partial charge in [0.05, 0.1) is 19.1 Å². The molecule has 0 saturated heterocycles. The van der Waals surface area contributed by atoms with E-state index in [9.17, 15) is 14.7 Å². The Morgan fingerprint density at radius 2 is 2.04 bits per heavy atom. The predicted molar refractivity (Wildman–Crippen MR) is 84.5 cm³/mol. The molecule has 0 radical (unpaired) electrons. The van der Waals surface area contributed by atoms with E-state index >= 15 is 0 Å². The Labute approximate surface area is 135 Å². The molecule has 6 heteroatoms. The number of nitrogens with one attached hydrogen (secondary N) is 1. The van der Waals surface area contributed by atoms with Crippen LogP contribution in [0.15, 0.2) is 18.2 Å². The molecule has 0 heterocycles. The molecule has 23 heavy (non-hydrogen) atoms. The predicted octanol–water partition coefficient (Wildman–Crippen LogP) is 1.38. The number of carboxylic acids is 1. The maximum Gasteiger partial charge on any atom is 0.337 e. The van der Waals surface area contributed by atoms with Crippen molar-refractivity contribution >= 4 is 11.9 Å².